The number of anilines is 1. The third kappa shape index (κ3) is 2.07. The fourth-order valence-electron chi connectivity index (χ4n) is 2.85. The third-order valence-electron chi connectivity index (χ3n) is 3.96. The molecule has 0 aromatic carbocycles. The van der Waals surface area contributed by atoms with Crippen LogP contribution >= 0.6 is 0 Å². The molecule has 3 rings (SSSR count). The van der Waals surface area contributed by atoms with Gasteiger partial charge in [-0.1, -0.05) is 0 Å². The molecule has 3 heterocycles. The van der Waals surface area contributed by atoms with Gasteiger partial charge in [0.1, 0.15) is 29.5 Å². The highest BCUT2D eigenvalue weighted by Crippen LogP contribution is 2.38. The number of ether oxygens (including phenoxy) is 1. The summed E-state index contributed by atoms with van der Waals surface area (Å²) in [6, 6.07) is 0. The first-order chi connectivity index (χ1) is 10.0. The normalized spacial score (nSPS) is 24.8. The molecule has 0 unspecified atom stereocenters. The molecule has 0 radical (unpaired) electrons. The van der Waals surface area contributed by atoms with Crippen LogP contribution in [0.5, 0.6) is 0 Å². The summed E-state index contributed by atoms with van der Waals surface area (Å²) < 4.78 is 7.39. The standard InChI is InChI=1S/C13H18N4O4/c1-7-3-17(11-9(7)10(14)15-6-16-11)12-8(20)2-13(4-18,5-19)21-12/h3,6,8,12,18-20H,2,4-5H2,1H3,(H2,14,15,16)/t8-,12-/m1/s1. The van der Waals surface area contributed by atoms with Gasteiger partial charge in [-0.2, -0.15) is 0 Å². The number of fused-ring (bicyclic) bond motifs is 1. The molecule has 2 atom stereocenters. The van der Waals surface area contributed by atoms with Gasteiger partial charge in [0, 0.05) is 12.6 Å². The average Bonchev–Trinajstić information content (AvgIpc) is 2.98. The van der Waals surface area contributed by atoms with Crippen molar-refractivity contribution in [1.29, 1.82) is 0 Å². The van der Waals surface area contributed by atoms with E-state index in [4.69, 9.17) is 10.5 Å². The maximum atomic E-state index is 10.2. The van der Waals surface area contributed by atoms with Crippen LogP contribution in [0.25, 0.3) is 11.0 Å². The zero-order valence-corrected chi connectivity index (χ0v) is 11.6. The number of aliphatic hydroxyl groups excluding tert-OH is 3. The highest BCUT2D eigenvalue weighted by Gasteiger charge is 2.46. The van der Waals surface area contributed by atoms with Crippen LogP contribution in [-0.2, 0) is 4.74 Å². The van der Waals surface area contributed by atoms with Crippen molar-refractivity contribution in [3.8, 4) is 0 Å². The Bertz CT molecular complexity index is 667. The summed E-state index contributed by atoms with van der Waals surface area (Å²) in [6.45, 7) is 1.13. The van der Waals surface area contributed by atoms with Crippen LogP contribution in [0.15, 0.2) is 12.5 Å². The van der Waals surface area contributed by atoms with E-state index in [1.165, 1.54) is 6.33 Å². The zero-order chi connectivity index (χ0) is 15.2. The van der Waals surface area contributed by atoms with Gasteiger partial charge >= 0.3 is 0 Å². The minimum absolute atomic E-state index is 0.143. The molecule has 8 nitrogen and oxygen atoms in total. The predicted molar refractivity (Wildman–Crippen MR) is 74.3 cm³/mol. The number of aryl methyl sites for hydroxylation is 1. The van der Waals surface area contributed by atoms with Crippen molar-refractivity contribution < 1.29 is 20.1 Å². The monoisotopic (exact) mass is 294 g/mol. The molecule has 0 spiro atoms. The van der Waals surface area contributed by atoms with Crippen LogP contribution in [0, 0.1) is 6.92 Å². The number of nitrogens with two attached hydrogens (primary N) is 1. The van der Waals surface area contributed by atoms with Crippen molar-refractivity contribution in [2.75, 3.05) is 18.9 Å². The molecule has 114 valence electrons. The number of rotatable bonds is 3. The molecule has 21 heavy (non-hydrogen) atoms. The van der Waals surface area contributed by atoms with Gasteiger partial charge in [-0.25, -0.2) is 9.97 Å². The molecular formula is C13H18N4O4. The molecule has 1 saturated heterocycles. The molecule has 0 amide bonds. The second kappa shape index (κ2) is 4.92. The molecular weight excluding hydrogens is 276 g/mol. The SMILES string of the molecule is Cc1cn([C@@H]2OC(CO)(CO)C[C@H]2O)c2ncnc(N)c12. The Hall–Kier alpha value is -1.74. The lowest BCUT2D eigenvalue weighted by Gasteiger charge is -2.24. The topological polar surface area (TPSA) is 127 Å². The summed E-state index contributed by atoms with van der Waals surface area (Å²) in [6.07, 6.45) is 1.66. The van der Waals surface area contributed by atoms with E-state index in [9.17, 15) is 15.3 Å². The molecule has 2 aromatic heterocycles. The molecule has 8 heteroatoms. The molecule has 1 aliphatic heterocycles. The second-order valence-corrected chi connectivity index (χ2v) is 5.46. The van der Waals surface area contributed by atoms with Crippen molar-refractivity contribution in [2.45, 2.75) is 31.3 Å². The fraction of sp³-hybridized carbons (Fsp3) is 0.538. The zero-order valence-electron chi connectivity index (χ0n) is 11.6. The van der Waals surface area contributed by atoms with Crippen molar-refractivity contribution in [3.63, 3.8) is 0 Å². The Morgan fingerprint density at radius 2 is 2.14 bits per heavy atom. The fourth-order valence-corrected chi connectivity index (χ4v) is 2.85. The average molecular weight is 294 g/mol. The maximum Gasteiger partial charge on any atom is 0.162 e. The molecule has 0 bridgehead atoms. The third-order valence-corrected chi connectivity index (χ3v) is 3.96. The summed E-state index contributed by atoms with van der Waals surface area (Å²) >= 11 is 0. The van der Waals surface area contributed by atoms with Gasteiger partial charge in [-0.15, -0.1) is 0 Å². The quantitative estimate of drug-likeness (QED) is 0.591. The lowest BCUT2D eigenvalue weighted by Crippen LogP contribution is -2.37. The van der Waals surface area contributed by atoms with Crippen LogP contribution in [-0.4, -0.2) is 54.8 Å². The highest BCUT2D eigenvalue weighted by atomic mass is 16.6. The van der Waals surface area contributed by atoms with Gasteiger partial charge < -0.3 is 30.4 Å². The summed E-state index contributed by atoms with van der Waals surface area (Å²) in [5.41, 5.74) is 6.13. The Labute approximate surface area is 120 Å². The summed E-state index contributed by atoms with van der Waals surface area (Å²) in [5, 5.41) is 29.8. The van der Waals surface area contributed by atoms with Crippen LogP contribution in [0.2, 0.25) is 0 Å². The van der Waals surface area contributed by atoms with Crippen LogP contribution < -0.4 is 5.73 Å². The summed E-state index contributed by atoms with van der Waals surface area (Å²) in [4.78, 5) is 8.16. The van der Waals surface area contributed by atoms with E-state index >= 15 is 0 Å². The van der Waals surface area contributed by atoms with Gasteiger partial charge in [-0.05, 0) is 12.5 Å². The van der Waals surface area contributed by atoms with Crippen LogP contribution in [0.4, 0.5) is 5.82 Å². The van der Waals surface area contributed by atoms with Gasteiger partial charge in [0.05, 0.1) is 18.6 Å². The Morgan fingerprint density at radius 3 is 2.76 bits per heavy atom. The van der Waals surface area contributed by atoms with Gasteiger partial charge in [0.15, 0.2) is 6.23 Å². The first-order valence-corrected chi connectivity index (χ1v) is 6.66. The predicted octanol–water partition coefficient (Wildman–Crippen LogP) is -0.675. The van der Waals surface area contributed by atoms with E-state index in [0.717, 1.165) is 5.56 Å². The summed E-state index contributed by atoms with van der Waals surface area (Å²) in [5.74, 6) is 0.360. The van der Waals surface area contributed by atoms with Crippen molar-refractivity contribution in [1.82, 2.24) is 14.5 Å². The number of hydrogen-bond donors (Lipinski definition) is 4. The lowest BCUT2D eigenvalue weighted by molar-refractivity contribution is -0.127. The van der Waals surface area contributed by atoms with Crippen molar-refractivity contribution in [2.24, 2.45) is 0 Å². The van der Waals surface area contributed by atoms with E-state index < -0.39 is 17.9 Å². The first kappa shape index (κ1) is 14.2. The van der Waals surface area contributed by atoms with Crippen molar-refractivity contribution in [3.05, 3.63) is 18.1 Å². The minimum atomic E-state index is -1.15. The number of hydrogen-bond acceptors (Lipinski definition) is 7. The lowest BCUT2D eigenvalue weighted by atomic mass is 10.0. The smallest absolute Gasteiger partial charge is 0.162 e. The van der Waals surface area contributed by atoms with E-state index in [0.29, 0.717) is 16.9 Å². The largest absolute Gasteiger partial charge is 0.393 e. The number of aliphatic hydroxyl groups is 3. The second-order valence-electron chi connectivity index (χ2n) is 5.46. The molecule has 0 aliphatic carbocycles. The van der Waals surface area contributed by atoms with Crippen molar-refractivity contribution >= 4 is 16.9 Å². The number of nitrogens with zero attached hydrogens (tertiary/aromatic N) is 3. The molecule has 0 saturated carbocycles. The van der Waals surface area contributed by atoms with Gasteiger partial charge in [0.2, 0.25) is 0 Å². The molecule has 5 N–H and O–H groups in total. The van der Waals surface area contributed by atoms with E-state index in [1.54, 1.807) is 10.8 Å². The molecule has 1 aliphatic rings. The number of nitrogen functional groups attached to an aromatic ring is 1. The van der Waals surface area contributed by atoms with Crippen LogP contribution in [0.1, 0.15) is 18.2 Å². The first-order valence-electron chi connectivity index (χ1n) is 6.66. The van der Waals surface area contributed by atoms with E-state index in [-0.39, 0.29) is 19.6 Å². The van der Waals surface area contributed by atoms with Gasteiger partial charge in [-0.3, -0.25) is 0 Å². The Kier molecular flexibility index (Phi) is 3.33. The number of aromatic nitrogens is 3. The summed E-state index contributed by atoms with van der Waals surface area (Å²) in [7, 11) is 0. The highest BCUT2D eigenvalue weighted by molar-refractivity contribution is 5.89. The van der Waals surface area contributed by atoms with E-state index in [2.05, 4.69) is 9.97 Å². The van der Waals surface area contributed by atoms with Crippen LogP contribution in [0.3, 0.4) is 0 Å². The minimum Gasteiger partial charge on any atom is -0.393 e. The molecule has 2 aromatic rings. The maximum absolute atomic E-state index is 10.2. The Balaban J connectivity index is 2.08. The van der Waals surface area contributed by atoms with E-state index in [1.807, 2.05) is 6.92 Å². The van der Waals surface area contributed by atoms with Gasteiger partial charge in [0.25, 0.3) is 0 Å². The molecule has 1 fully saturated rings. The Morgan fingerprint density at radius 1 is 1.43 bits per heavy atom.